The third-order valence-corrected chi connectivity index (χ3v) is 4.27. The van der Waals surface area contributed by atoms with Crippen molar-refractivity contribution in [2.45, 2.75) is 70.6 Å². The summed E-state index contributed by atoms with van der Waals surface area (Å²) in [6.45, 7) is 9.14. The van der Waals surface area contributed by atoms with E-state index < -0.39 is 0 Å². The number of likely N-dealkylation sites (tertiary alicyclic amines) is 1. The number of ether oxygens (including phenoxy) is 1. The zero-order valence-electron chi connectivity index (χ0n) is 12.2. The molecule has 2 saturated heterocycles. The minimum Gasteiger partial charge on any atom is -0.378 e. The zero-order valence-corrected chi connectivity index (χ0v) is 12.2. The lowest BCUT2D eigenvalue weighted by molar-refractivity contribution is 0.0747. The average molecular weight is 254 g/mol. The number of hydrogen-bond acceptors (Lipinski definition) is 3. The number of nitrogens with one attached hydrogen (secondary N) is 1. The van der Waals surface area contributed by atoms with Gasteiger partial charge >= 0.3 is 0 Å². The first-order chi connectivity index (χ1) is 8.75. The first-order valence-electron chi connectivity index (χ1n) is 7.84. The van der Waals surface area contributed by atoms with Gasteiger partial charge in [-0.2, -0.15) is 0 Å². The van der Waals surface area contributed by atoms with Crippen LogP contribution in [-0.4, -0.2) is 49.3 Å². The van der Waals surface area contributed by atoms with Crippen LogP contribution in [0, 0.1) is 0 Å². The molecule has 0 bridgehead atoms. The summed E-state index contributed by atoms with van der Waals surface area (Å²) in [5.74, 6) is 0. The second kappa shape index (κ2) is 7.46. The first kappa shape index (κ1) is 14.3. The molecule has 2 unspecified atom stereocenters. The summed E-state index contributed by atoms with van der Waals surface area (Å²) in [6, 6.07) is 1.36. The smallest absolute Gasteiger partial charge is 0.0588 e. The molecule has 18 heavy (non-hydrogen) atoms. The van der Waals surface area contributed by atoms with Gasteiger partial charge in [0, 0.05) is 31.8 Å². The summed E-state index contributed by atoms with van der Waals surface area (Å²) in [6.07, 6.45) is 8.48. The number of rotatable bonds is 6. The maximum Gasteiger partial charge on any atom is 0.0588 e. The van der Waals surface area contributed by atoms with Gasteiger partial charge < -0.3 is 10.1 Å². The van der Waals surface area contributed by atoms with Gasteiger partial charge in [0.05, 0.1) is 6.10 Å². The summed E-state index contributed by atoms with van der Waals surface area (Å²) in [5, 5.41) is 3.60. The van der Waals surface area contributed by atoms with Gasteiger partial charge in [0.25, 0.3) is 0 Å². The summed E-state index contributed by atoms with van der Waals surface area (Å²) < 4.78 is 5.74. The van der Waals surface area contributed by atoms with E-state index in [0.717, 1.165) is 19.2 Å². The third kappa shape index (κ3) is 4.52. The van der Waals surface area contributed by atoms with Crippen LogP contribution in [0.5, 0.6) is 0 Å². The minimum absolute atomic E-state index is 0.547. The predicted molar refractivity (Wildman–Crippen MR) is 75.9 cm³/mol. The van der Waals surface area contributed by atoms with Crippen molar-refractivity contribution in [3.05, 3.63) is 0 Å². The van der Waals surface area contributed by atoms with Crippen molar-refractivity contribution in [3.8, 4) is 0 Å². The highest BCUT2D eigenvalue weighted by molar-refractivity contribution is 4.80. The quantitative estimate of drug-likeness (QED) is 0.788. The Bertz CT molecular complexity index is 227. The molecule has 2 aliphatic rings. The standard InChI is InChI=1S/C15H30N2O/c1-13(2)16-12-14-6-3-4-9-17(14)10-8-15-7-5-11-18-15/h13-16H,3-12H2,1-2H3. The van der Waals surface area contributed by atoms with E-state index in [1.54, 1.807) is 0 Å². The van der Waals surface area contributed by atoms with Gasteiger partial charge in [-0.3, -0.25) is 4.90 Å². The van der Waals surface area contributed by atoms with Gasteiger partial charge in [-0.15, -0.1) is 0 Å². The topological polar surface area (TPSA) is 24.5 Å². The van der Waals surface area contributed by atoms with Crippen molar-refractivity contribution in [3.63, 3.8) is 0 Å². The first-order valence-corrected chi connectivity index (χ1v) is 7.84. The SMILES string of the molecule is CC(C)NCC1CCCCN1CCC1CCCO1. The van der Waals surface area contributed by atoms with E-state index in [4.69, 9.17) is 4.74 Å². The lowest BCUT2D eigenvalue weighted by Gasteiger charge is -2.36. The van der Waals surface area contributed by atoms with Crippen molar-refractivity contribution in [2.75, 3.05) is 26.2 Å². The van der Waals surface area contributed by atoms with Crippen LogP contribution in [0.1, 0.15) is 52.4 Å². The van der Waals surface area contributed by atoms with Gasteiger partial charge in [0.2, 0.25) is 0 Å². The second-order valence-electron chi connectivity index (χ2n) is 6.17. The summed E-state index contributed by atoms with van der Waals surface area (Å²) in [5.41, 5.74) is 0. The molecule has 2 fully saturated rings. The van der Waals surface area contributed by atoms with E-state index in [2.05, 4.69) is 24.1 Å². The fourth-order valence-electron chi connectivity index (χ4n) is 3.14. The van der Waals surface area contributed by atoms with Crippen LogP contribution in [0.4, 0.5) is 0 Å². The van der Waals surface area contributed by atoms with Crippen molar-refractivity contribution in [1.29, 1.82) is 0 Å². The summed E-state index contributed by atoms with van der Waals surface area (Å²) in [4.78, 5) is 2.70. The molecule has 3 heteroatoms. The normalized spacial score (nSPS) is 30.2. The van der Waals surface area contributed by atoms with Crippen LogP contribution in [-0.2, 0) is 4.74 Å². The largest absolute Gasteiger partial charge is 0.378 e. The van der Waals surface area contributed by atoms with Crippen LogP contribution in [0.2, 0.25) is 0 Å². The maximum atomic E-state index is 5.74. The Morgan fingerprint density at radius 1 is 1.22 bits per heavy atom. The summed E-state index contributed by atoms with van der Waals surface area (Å²) in [7, 11) is 0. The molecule has 106 valence electrons. The molecule has 2 rings (SSSR count). The van der Waals surface area contributed by atoms with E-state index in [1.807, 2.05) is 0 Å². The molecule has 2 atom stereocenters. The van der Waals surface area contributed by atoms with Crippen molar-refractivity contribution >= 4 is 0 Å². The summed E-state index contributed by atoms with van der Waals surface area (Å²) >= 11 is 0. The monoisotopic (exact) mass is 254 g/mol. The molecule has 0 aromatic heterocycles. The van der Waals surface area contributed by atoms with Crippen molar-refractivity contribution in [1.82, 2.24) is 10.2 Å². The molecule has 0 saturated carbocycles. The van der Waals surface area contributed by atoms with E-state index in [9.17, 15) is 0 Å². The Morgan fingerprint density at radius 2 is 2.11 bits per heavy atom. The van der Waals surface area contributed by atoms with Crippen molar-refractivity contribution in [2.24, 2.45) is 0 Å². The third-order valence-electron chi connectivity index (χ3n) is 4.27. The Labute approximate surface area is 112 Å². The fraction of sp³-hybridized carbons (Fsp3) is 1.00. The van der Waals surface area contributed by atoms with Crippen LogP contribution in [0.25, 0.3) is 0 Å². The predicted octanol–water partition coefficient (Wildman–Crippen LogP) is 2.41. The number of nitrogens with zero attached hydrogens (tertiary/aromatic N) is 1. The van der Waals surface area contributed by atoms with Crippen LogP contribution < -0.4 is 5.32 Å². The second-order valence-corrected chi connectivity index (χ2v) is 6.17. The molecular formula is C15H30N2O. The lowest BCUT2D eigenvalue weighted by atomic mass is 10.0. The van der Waals surface area contributed by atoms with Crippen LogP contribution in [0.3, 0.4) is 0 Å². The molecule has 1 N–H and O–H groups in total. The molecule has 0 spiro atoms. The Kier molecular flexibility index (Phi) is 5.93. The zero-order chi connectivity index (χ0) is 12.8. The molecule has 0 amide bonds. The van der Waals surface area contributed by atoms with Crippen LogP contribution in [0.15, 0.2) is 0 Å². The molecule has 2 heterocycles. The lowest BCUT2D eigenvalue weighted by Crippen LogP contribution is -2.47. The Morgan fingerprint density at radius 3 is 2.83 bits per heavy atom. The average Bonchev–Trinajstić information content (AvgIpc) is 2.88. The highest BCUT2D eigenvalue weighted by atomic mass is 16.5. The number of hydrogen-bond donors (Lipinski definition) is 1. The van der Waals surface area contributed by atoms with Gasteiger partial charge in [-0.25, -0.2) is 0 Å². The molecule has 2 aliphatic heterocycles. The molecule has 0 radical (unpaired) electrons. The highest BCUT2D eigenvalue weighted by Gasteiger charge is 2.24. The molecule has 3 nitrogen and oxygen atoms in total. The van der Waals surface area contributed by atoms with Gasteiger partial charge in [0.15, 0.2) is 0 Å². The Balaban J connectivity index is 1.72. The van der Waals surface area contributed by atoms with Crippen LogP contribution >= 0.6 is 0 Å². The molecule has 0 aromatic carbocycles. The van der Waals surface area contributed by atoms with Gasteiger partial charge in [-0.05, 0) is 38.6 Å². The van der Waals surface area contributed by atoms with Gasteiger partial charge in [0.1, 0.15) is 0 Å². The molecule has 0 aromatic rings. The van der Waals surface area contributed by atoms with E-state index in [1.165, 1.54) is 51.6 Å². The Hall–Kier alpha value is -0.120. The molecular weight excluding hydrogens is 224 g/mol. The van der Waals surface area contributed by atoms with E-state index >= 15 is 0 Å². The number of piperidine rings is 1. The maximum absolute atomic E-state index is 5.74. The van der Waals surface area contributed by atoms with Gasteiger partial charge in [-0.1, -0.05) is 20.3 Å². The fourth-order valence-corrected chi connectivity index (χ4v) is 3.14. The highest BCUT2D eigenvalue weighted by Crippen LogP contribution is 2.20. The minimum atomic E-state index is 0.547. The van der Waals surface area contributed by atoms with Crippen molar-refractivity contribution < 1.29 is 4.74 Å². The van der Waals surface area contributed by atoms with E-state index in [0.29, 0.717) is 12.1 Å². The van der Waals surface area contributed by atoms with E-state index in [-0.39, 0.29) is 0 Å². The molecule has 0 aliphatic carbocycles.